The van der Waals surface area contributed by atoms with E-state index in [1.165, 1.54) is 0 Å². The third-order valence-corrected chi connectivity index (χ3v) is 4.81. The van der Waals surface area contributed by atoms with Crippen LogP contribution in [0.1, 0.15) is 5.56 Å². The van der Waals surface area contributed by atoms with Crippen molar-refractivity contribution >= 4 is 29.3 Å². The summed E-state index contributed by atoms with van der Waals surface area (Å²) in [7, 11) is 0. The molecular formula is C20H19ClN2O3. The van der Waals surface area contributed by atoms with E-state index >= 15 is 0 Å². The predicted octanol–water partition coefficient (Wildman–Crippen LogP) is 3.43. The fourth-order valence-corrected chi connectivity index (χ4v) is 3.33. The lowest BCUT2D eigenvalue weighted by atomic mass is 10.2. The van der Waals surface area contributed by atoms with E-state index in [1.54, 1.807) is 6.08 Å². The van der Waals surface area contributed by atoms with Gasteiger partial charge in [0.1, 0.15) is 0 Å². The van der Waals surface area contributed by atoms with Gasteiger partial charge in [-0.25, -0.2) is 0 Å². The summed E-state index contributed by atoms with van der Waals surface area (Å²) in [4.78, 5) is 16.6. The summed E-state index contributed by atoms with van der Waals surface area (Å²) >= 11 is 6.06. The molecule has 1 saturated heterocycles. The highest BCUT2D eigenvalue weighted by molar-refractivity contribution is 6.30. The molecule has 26 heavy (non-hydrogen) atoms. The van der Waals surface area contributed by atoms with Crippen LogP contribution in [0.15, 0.2) is 48.5 Å². The molecule has 0 saturated carbocycles. The molecule has 2 aliphatic heterocycles. The number of ether oxygens (including phenoxy) is 2. The van der Waals surface area contributed by atoms with Crippen molar-refractivity contribution in [1.82, 2.24) is 4.90 Å². The number of rotatable bonds is 3. The van der Waals surface area contributed by atoms with Gasteiger partial charge in [-0.2, -0.15) is 0 Å². The first-order valence-corrected chi connectivity index (χ1v) is 8.94. The Morgan fingerprint density at radius 1 is 1.00 bits per heavy atom. The molecule has 0 spiro atoms. The van der Waals surface area contributed by atoms with Gasteiger partial charge in [-0.1, -0.05) is 23.7 Å². The minimum atomic E-state index is 0.0217. The Kier molecular flexibility index (Phi) is 4.71. The average Bonchev–Trinajstić information content (AvgIpc) is 3.14. The lowest BCUT2D eigenvalue weighted by Crippen LogP contribution is -2.48. The van der Waals surface area contributed by atoms with Gasteiger partial charge in [-0.3, -0.25) is 4.79 Å². The molecule has 134 valence electrons. The third-order valence-electron chi connectivity index (χ3n) is 4.58. The summed E-state index contributed by atoms with van der Waals surface area (Å²) in [5.41, 5.74) is 2.01. The van der Waals surface area contributed by atoms with Crippen LogP contribution in [-0.2, 0) is 4.79 Å². The number of carbonyl (C=O) groups excluding carboxylic acids is 1. The lowest BCUT2D eigenvalue weighted by Gasteiger charge is -2.35. The molecule has 2 aliphatic rings. The average molecular weight is 371 g/mol. The van der Waals surface area contributed by atoms with Crippen molar-refractivity contribution in [3.05, 3.63) is 59.1 Å². The maximum Gasteiger partial charge on any atom is 0.246 e. The molecule has 4 rings (SSSR count). The summed E-state index contributed by atoms with van der Waals surface area (Å²) in [5, 5.41) is 0.729. The number of hydrogen-bond acceptors (Lipinski definition) is 4. The molecule has 6 heteroatoms. The Hall–Kier alpha value is -2.66. The van der Waals surface area contributed by atoms with Gasteiger partial charge in [0.15, 0.2) is 11.5 Å². The fourth-order valence-electron chi connectivity index (χ4n) is 3.15. The van der Waals surface area contributed by atoms with Crippen molar-refractivity contribution < 1.29 is 14.3 Å². The molecule has 2 aromatic carbocycles. The second-order valence-electron chi connectivity index (χ2n) is 6.24. The number of amides is 1. The second kappa shape index (κ2) is 7.30. The van der Waals surface area contributed by atoms with Crippen molar-refractivity contribution in [1.29, 1.82) is 0 Å². The standard InChI is InChI=1S/C20H19ClN2O3/c21-16-2-1-3-17(13-16)22-8-10-23(11-9-22)20(24)7-5-15-4-6-18-19(12-15)26-14-25-18/h1-7,12-13H,8-11,14H2. The monoisotopic (exact) mass is 370 g/mol. The molecule has 5 nitrogen and oxygen atoms in total. The minimum absolute atomic E-state index is 0.0217. The predicted molar refractivity (Wildman–Crippen MR) is 102 cm³/mol. The van der Waals surface area contributed by atoms with Crippen LogP contribution >= 0.6 is 11.6 Å². The van der Waals surface area contributed by atoms with E-state index in [1.807, 2.05) is 53.4 Å². The molecule has 0 bridgehead atoms. The number of piperazine rings is 1. The number of hydrogen-bond donors (Lipinski definition) is 0. The highest BCUT2D eigenvalue weighted by Crippen LogP contribution is 2.32. The van der Waals surface area contributed by atoms with Crippen molar-refractivity contribution in [2.75, 3.05) is 37.9 Å². The van der Waals surface area contributed by atoms with Gasteiger partial charge in [0.2, 0.25) is 12.7 Å². The smallest absolute Gasteiger partial charge is 0.246 e. The normalized spacial score (nSPS) is 16.3. The van der Waals surface area contributed by atoms with Crippen molar-refractivity contribution in [3.63, 3.8) is 0 Å². The second-order valence-corrected chi connectivity index (χ2v) is 6.67. The molecule has 1 fully saturated rings. The van der Waals surface area contributed by atoms with Gasteiger partial charge < -0.3 is 19.3 Å². The van der Waals surface area contributed by atoms with Crippen LogP contribution in [0, 0.1) is 0 Å². The summed E-state index contributed by atoms with van der Waals surface area (Å²) in [6, 6.07) is 13.5. The molecule has 0 aromatic heterocycles. The number of benzene rings is 2. The van der Waals surface area contributed by atoms with E-state index in [-0.39, 0.29) is 12.7 Å². The SMILES string of the molecule is O=C(C=Cc1ccc2c(c1)OCO2)N1CCN(c2cccc(Cl)c2)CC1. The van der Waals surface area contributed by atoms with E-state index < -0.39 is 0 Å². The van der Waals surface area contributed by atoms with Gasteiger partial charge in [0.25, 0.3) is 0 Å². The third kappa shape index (κ3) is 3.63. The number of nitrogens with zero attached hydrogens (tertiary/aromatic N) is 2. The molecule has 0 unspecified atom stereocenters. The largest absolute Gasteiger partial charge is 0.454 e. The van der Waals surface area contributed by atoms with Crippen LogP contribution in [0.4, 0.5) is 5.69 Å². The lowest BCUT2D eigenvalue weighted by molar-refractivity contribution is -0.126. The molecule has 1 amide bonds. The summed E-state index contributed by atoms with van der Waals surface area (Å²) in [6.07, 6.45) is 3.43. The van der Waals surface area contributed by atoms with E-state index in [4.69, 9.17) is 21.1 Å². The minimum Gasteiger partial charge on any atom is -0.454 e. The van der Waals surface area contributed by atoms with Crippen LogP contribution in [0.2, 0.25) is 5.02 Å². The number of halogens is 1. The van der Waals surface area contributed by atoms with Crippen LogP contribution in [0.3, 0.4) is 0 Å². The van der Waals surface area contributed by atoms with E-state index in [0.29, 0.717) is 13.1 Å². The summed E-state index contributed by atoms with van der Waals surface area (Å²) < 4.78 is 10.7. The highest BCUT2D eigenvalue weighted by Gasteiger charge is 2.20. The molecule has 2 heterocycles. The molecule has 2 aromatic rings. The van der Waals surface area contributed by atoms with Gasteiger partial charge in [0.05, 0.1) is 0 Å². The number of carbonyl (C=O) groups is 1. The summed E-state index contributed by atoms with van der Waals surface area (Å²) in [5.74, 6) is 1.48. The van der Waals surface area contributed by atoms with Crippen LogP contribution in [0.5, 0.6) is 11.5 Å². The van der Waals surface area contributed by atoms with Crippen LogP contribution < -0.4 is 14.4 Å². The molecule has 0 N–H and O–H groups in total. The van der Waals surface area contributed by atoms with Gasteiger partial charge >= 0.3 is 0 Å². The molecule has 0 atom stereocenters. The van der Waals surface area contributed by atoms with Gasteiger partial charge in [-0.15, -0.1) is 0 Å². The van der Waals surface area contributed by atoms with E-state index in [9.17, 15) is 4.79 Å². The zero-order valence-corrected chi connectivity index (χ0v) is 15.0. The zero-order valence-electron chi connectivity index (χ0n) is 14.2. The fraction of sp³-hybridized carbons (Fsp3) is 0.250. The molecule has 0 radical (unpaired) electrons. The Morgan fingerprint density at radius 3 is 2.62 bits per heavy atom. The summed E-state index contributed by atoms with van der Waals surface area (Å²) in [6.45, 7) is 3.22. The van der Waals surface area contributed by atoms with Crippen LogP contribution in [0.25, 0.3) is 6.08 Å². The Bertz CT molecular complexity index is 845. The maximum absolute atomic E-state index is 12.4. The van der Waals surface area contributed by atoms with Crippen molar-refractivity contribution in [3.8, 4) is 11.5 Å². The zero-order chi connectivity index (χ0) is 17.9. The van der Waals surface area contributed by atoms with Crippen LogP contribution in [-0.4, -0.2) is 43.8 Å². The molecule has 0 aliphatic carbocycles. The van der Waals surface area contributed by atoms with E-state index in [0.717, 1.165) is 40.9 Å². The Morgan fingerprint density at radius 2 is 1.81 bits per heavy atom. The first kappa shape index (κ1) is 16.8. The quantitative estimate of drug-likeness (QED) is 0.776. The highest BCUT2D eigenvalue weighted by atomic mass is 35.5. The number of fused-ring (bicyclic) bond motifs is 1. The molecular weight excluding hydrogens is 352 g/mol. The number of anilines is 1. The Labute approximate surface area is 157 Å². The van der Waals surface area contributed by atoms with Crippen molar-refractivity contribution in [2.45, 2.75) is 0 Å². The van der Waals surface area contributed by atoms with Crippen molar-refractivity contribution in [2.24, 2.45) is 0 Å². The maximum atomic E-state index is 12.4. The first-order chi connectivity index (χ1) is 12.7. The van der Waals surface area contributed by atoms with Gasteiger partial charge in [0, 0.05) is 43.0 Å². The Balaban J connectivity index is 1.35. The first-order valence-electron chi connectivity index (χ1n) is 8.56. The van der Waals surface area contributed by atoms with Gasteiger partial charge in [-0.05, 0) is 42.0 Å². The van der Waals surface area contributed by atoms with E-state index in [2.05, 4.69) is 4.90 Å². The topological polar surface area (TPSA) is 42.0 Å².